The van der Waals surface area contributed by atoms with Gasteiger partial charge in [-0.1, -0.05) is 146 Å². The predicted molar refractivity (Wildman–Crippen MR) is 198 cm³/mol. The maximum atomic E-state index is 6.34. The molecule has 4 heteroatoms. The second-order valence-corrected chi connectivity index (χ2v) is 11.8. The Morgan fingerprint density at radius 3 is 1.67 bits per heavy atom. The average molecular weight is 618 g/mol. The summed E-state index contributed by atoms with van der Waals surface area (Å²) in [6.45, 7) is 5.92. The third-order valence-electron chi connectivity index (χ3n) is 8.69. The lowest BCUT2D eigenvalue weighted by molar-refractivity contribution is 0.669. The lowest BCUT2D eigenvalue weighted by atomic mass is 9.96. The molecule has 0 aliphatic rings. The minimum atomic E-state index is 0.632. The molecule has 0 aliphatic carbocycles. The third-order valence-corrected chi connectivity index (χ3v) is 8.69. The zero-order valence-corrected chi connectivity index (χ0v) is 26.5. The standard InChI is InChI=1S/C44H31N3O/c1-3-11-29(2)30-18-20-31(21-19-30)36-26-27-39-38(28-36)41-37(16-10-17-40(41)48-39)32-22-24-35(25-23-32)44-46-42(33-12-6-4-7-13-33)45-43(47-44)34-14-8-5-9-15-34/h3-28H,1H2,2H3/b29-11+. The Morgan fingerprint density at radius 2 is 1.06 bits per heavy atom. The van der Waals surface area contributed by atoms with E-state index in [9.17, 15) is 0 Å². The first-order chi connectivity index (χ1) is 23.6. The summed E-state index contributed by atoms with van der Waals surface area (Å²) in [5.41, 5.74) is 11.4. The van der Waals surface area contributed by atoms with Gasteiger partial charge in [-0.25, -0.2) is 15.0 Å². The zero-order chi connectivity index (χ0) is 32.5. The van der Waals surface area contributed by atoms with E-state index in [-0.39, 0.29) is 0 Å². The molecule has 8 aromatic rings. The van der Waals surface area contributed by atoms with Crippen molar-refractivity contribution >= 4 is 27.5 Å². The van der Waals surface area contributed by atoms with Crippen molar-refractivity contribution in [2.45, 2.75) is 6.92 Å². The smallest absolute Gasteiger partial charge is 0.164 e. The zero-order valence-electron chi connectivity index (χ0n) is 26.5. The Labute approximate surface area is 279 Å². The molecule has 0 unspecified atom stereocenters. The van der Waals surface area contributed by atoms with E-state index in [4.69, 9.17) is 19.4 Å². The molecule has 0 bridgehead atoms. The Bertz CT molecular complexity index is 2380. The summed E-state index contributed by atoms with van der Waals surface area (Å²) in [6.07, 6.45) is 3.85. The second kappa shape index (κ2) is 12.4. The molecule has 0 amide bonds. The Morgan fingerprint density at radius 1 is 0.521 bits per heavy atom. The fourth-order valence-corrected chi connectivity index (χ4v) is 6.18. The maximum Gasteiger partial charge on any atom is 0.164 e. The number of hydrogen-bond acceptors (Lipinski definition) is 4. The first-order valence-electron chi connectivity index (χ1n) is 16.0. The van der Waals surface area contributed by atoms with Gasteiger partial charge < -0.3 is 4.42 Å². The van der Waals surface area contributed by atoms with Gasteiger partial charge in [0.2, 0.25) is 0 Å². The van der Waals surface area contributed by atoms with E-state index in [0.29, 0.717) is 17.5 Å². The lowest BCUT2D eigenvalue weighted by Gasteiger charge is -2.09. The molecule has 0 atom stereocenters. The van der Waals surface area contributed by atoms with Gasteiger partial charge in [0.05, 0.1) is 0 Å². The Balaban J connectivity index is 1.19. The fourth-order valence-electron chi connectivity index (χ4n) is 6.18. The number of furan rings is 1. The normalized spacial score (nSPS) is 11.6. The highest BCUT2D eigenvalue weighted by Gasteiger charge is 2.16. The topological polar surface area (TPSA) is 51.8 Å². The molecule has 2 heterocycles. The summed E-state index contributed by atoms with van der Waals surface area (Å²) in [7, 11) is 0. The highest BCUT2D eigenvalue weighted by Crippen LogP contribution is 2.39. The summed E-state index contributed by atoms with van der Waals surface area (Å²) in [5, 5.41) is 2.19. The van der Waals surface area contributed by atoms with E-state index in [1.807, 2.05) is 78.9 Å². The van der Waals surface area contributed by atoms with Gasteiger partial charge in [0.15, 0.2) is 17.5 Å². The van der Waals surface area contributed by atoms with E-state index >= 15 is 0 Å². The molecule has 6 aromatic carbocycles. The molecule has 0 saturated heterocycles. The molecule has 0 radical (unpaired) electrons. The van der Waals surface area contributed by atoms with Gasteiger partial charge in [-0.3, -0.25) is 0 Å². The van der Waals surface area contributed by atoms with Crippen LogP contribution in [0.4, 0.5) is 0 Å². The van der Waals surface area contributed by atoms with Gasteiger partial charge in [0.25, 0.3) is 0 Å². The highest BCUT2D eigenvalue weighted by molar-refractivity contribution is 6.13. The van der Waals surface area contributed by atoms with Crippen molar-refractivity contribution in [3.05, 3.63) is 170 Å². The third kappa shape index (κ3) is 5.50. The SMILES string of the molecule is C=C/C=C(\C)c1ccc(-c2ccc3oc4cccc(-c5ccc(-c6nc(-c7ccccc7)nc(-c7ccccc7)n6)cc5)c4c3c2)cc1. The second-order valence-electron chi connectivity index (χ2n) is 11.8. The van der Waals surface area contributed by atoms with Gasteiger partial charge in [0, 0.05) is 27.5 Å². The minimum Gasteiger partial charge on any atom is -0.456 e. The van der Waals surface area contributed by atoms with Crippen LogP contribution in [0, 0.1) is 0 Å². The van der Waals surface area contributed by atoms with Gasteiger partial charge in [0.1, 0.15) is 11.2 Å². The van der Waals surface area contributed by atoms with Crippen LogP contribution in [0.15, 0.2) is 169 Å². The molecule has 0 N–H and O–H groups in total. The molecule has 0 saturated carbocycles. The van der Waals surface area contributed by atoms with Crippen molar-refractivity contribution < 1.29 is 4.42 Å². The number of rotatable bonds is 7. The van der Waals surface area contributed by atoms with E-state index in [1.165, 1.54) is 11.1 Å². The van der Waals surface area contributed by atoms with Crippen LogP contribution in [0.1, 0.15) is 12.5 Å². The van der Waals surface area contributed by atoms with E-state index < -0.39 is 0 Å². The number of fused-ring (bicyclic) bond motifs is 3. The molecular formula is C44H31N3O. The summed E-state index contributed by atoms with van der Waals surface area (Å²) < 4.78 is 6.34. The van der Waals surface area contributed by atoms with Crippen LogP contribution < -0.4 is 0 Å². The summed E-state index contributed by atoms with van der Waals surface area (Å²) in [4.78, 5) is 14.6. The predicted octanol–water partition coefficient (Wildman–Crippen LogP) is 11.7. The van der Waals surface area contributed by atoms with Crippen LogP contribution in [-0.4, -0.2) is 15.0 Å². The van der Waals surface area contributed by atoms with Gasteiger partial charge in [-0.15, -0.1) is 0 Å². The van der Waals surface area contributed by atoms with Crippen molar-refractivity contribution in [2.24, 2.45) is 0 Å². The van der Waals surface area contributed by atoms with Crippen molar-refractivity contribution in [3.63, 3.8) is 0 Å². The fraction of sp³-hybridized carbons (Fsp3) is 0.0227. The number of benzene rings is 6. The Hall–Kier alpha value is -6.39. The molecule has 228 valence electrons. The summed E-state index contributed by atoms with van der Waals surface area (Å²) >= 11 is 0. The molecule has 0 fully saturated rings. The molecule has 0 spiro atoms. The maximum absolute atomic E-state index is 6.34. The minimum absolute atomic E-state index is 0.632. The number of aromatic nitrogens is 3. The van der Waals surface area contributed by atoms with Crippen LogP contribution in [0.25, 0.3) is 83.9 Å². The first-order valence-corrected chi connectivity index (χ1v) is 16.0. The van der Waals surface area contributed by atoms with Crippen molar-refractivity contribution in [3.8, 4) is 56.4 Å². The van der Waals surface area contributed by atoms with E-state index in [2.05, 4.69) is 92.4 Å². The molecule has 4 nitrogen and oxygen atoms in total. The van der Waals surface area contributed by atoms with Crippen LogP contribution in [0.5, 0.6) is 0 Å². The van der Waals surface area contributed by atoms with E-state index in [1.54, 1.807) is 0 Å². The lowest BCUT2D eigenvalue weighted by Crippen LogP contribution is -2.00. The average Bonchev–Trinajstić information content (AvgIpc) is 3.54. The number of hydrogen-bond donors (Lipinski definition) is 0. The molecule has 0 aliphatic heterocycles. The molecule has 8 rings (SSSR count). The van der Waals surface area contributed by atoms with Crippen LogP contribution in [-0.2, 0) is 0 Å². The summed E-state index contributed by atoms with van der Waals surface area (Å²) in [5.74, 6) is 1.92. The number of nitrogens with zero attached hydrogens (tertiary/aromatic N) is 3. The first kappa shape index (κ1) is 29.0. The largest absolute Gasteiger partial charge is 0.456 e. The van der Waals surface area contributed by atoms with Gasteiger partial charge in [-0.05, 0) is 58.5 Å². The van der Waals surface area contributed by atoms with Crippen molar-refractivity contribution in [2.75, 3.05) is 0 Å². The molecule has 2 aromatic heterocycles. The Kier molecular flexibility index (Phi) is 7.52. The molecular weight excluding hydrogens is 587 g/mol. The quantitative estimate of drug-likeness (QED) is 0.167. The highest BCUT2D eigenvalue weighted by atomic mass is 16.3. The van der Waals surface area contributed by atoms with Crippen LogP contribution >= 0.6 is 0 Å². The van der Waals surface area contributed by atoms with Gasteiger partial charge in [-0.2, -0.15) is 0 Å². The molecule has 48 heavy (non-hydrogen) atoms. The van der Waals surface area contributed by atoms with Crippen molar-refractivity contribution in [1.29, 1.82) is 0 Å². The van der Waals surface area contributed by atoms with Gasteiger partial charge >= 0.3 is 0 Å². The van der Waals surface area contributed by atoms with Crippen LogP contribution in [0.2, 0.25) is 0 Å². The number of allylic oxidation sites excluding steroid dienone is 3. The monoisotopic (exact) mass is 617 g/mol. The summed E-state index contributed by atoms with van der Waals surface area (Å²) in [6, 6.07) is 49.9. The van der Waals surface area contributed by atoms with E-state index in [0.717, 1.165) is 60.9 Å². The van der Waals surface area contributed by atoms with Crippen molar-refractivity contribution in [1.82, 2.24) is 15.0 Å². The van der Waals surface area contributed by atoms with Crippen LogP contribution in [0.3, 0.4) is 0 Å².